The summed E-state index contributed by atoms with van der Waals surface area (Å²) in [6.07, 6.45) is -4.94. The van der Waals surface area contributed by atoms with E-state index in [1.54, 1.807) is 0 Å². The molecule has 0 aliphatic rings. The maximum Gasteiger partial charge on any atom is 0.417 e. The van der Waals surface area contributed by atoms with Gasteiger partial charge in [-0.15, -0.1) is 0 Å². The number of methoxy groups -OCH3 is 1. The van der Waals surface area contributed by atoms with E-state index in [0.29, 0.717) is 6.07 Å². The second-order valence-corrected chi connectivity index (χ2v) is 8.26. The molecule has 33 heavy (non-hydrogen) atoms. The van der Waals surface area contributed by atoms with E-state index in [9.17, 15) is 30.8 Å². The Morgan fingerprint density at radius 3 is 2.27 bits per heavy atom. The van der Waals surface area contributed by atoms with Crippen LogP contribution in [0.15, 0.2) is 59.5 Å². The molecule has 0 aliphatic carbocycles. The Morgan fingerprint density at radius 2 is 1.70 bits per heavy atom. The second-order valence-electron chi connectivity index (χ2n) is 6.70. The first-order chi connectivity index (χ1) is 15.3. The molecule has 0 radical (unpaired) electrons. The third kappa shape index (κ3) is 5.07. The number of benzene rings is 3. The average Bonchev–Trinajstić information content (AvgIpc) is 2.73. The zero-order chi connectivity index (χ0) is 24.6. The van der Waals surface area contributed by atoms with Gasteiger partial charge in [-0.05, 0) is 42.0 Å². The number of nitrogens with two attached hydrogens (primary N) is 2. The summed E-state index contributed by atoms with van der Waals surface area (Å²) in [6, 6.07) is 8.77. The lowest BCUT2D eigenvalue weighted by molar-refractivity contribution is -0.137. The first-order valence-electron chi connectivity index (χ1n) is 9.01. The molecule has 4 N–H and O–H groups in total. The van der Waals surface area contributed by atoms with Gasteiger partial charge in [-0.2, -0.15) is 13.2 Å². The zero-order valence-electron chi connectivity index (χ0n) is 16.8. The molecule has 0 aromatic heterocycles. The summed E-state index contributed by atoms with van der Waals surface area (Å²) >= 11 is 0. The number of carbonyl (C=O) groups is 1. The summed E-state index contributed by atoms with van der Waals surface area (Å²) < 4.78 is 89.5. The quantitative estimate of drug-likeness (QED) is 0.511. The first kappa shape index (κ1) is 24.0. The van der Waals surface area contributed by atoms with Gasteiger partial charge in [-0.3, -0.25) is 4.79 Å². The van der Waals surface area contributed by atoms with Crippen molar-refractivity contribution in [2.24, 2.45) is 10.9 Å². The Balaban J connectivity index is 2.40. The van der Waals surface area contributed by atoms with Crippen molar-refractivity contribution in [2.75, 3.05) is 7.11 Å². The van der Waals surface area contributed by atoms with Crippen molar-refractivity contribution in [3.05, 3.63) is 71.5 Å². The monoisotopic (exact) mass is 484 g/mol. The molecule has 3 rings (SSSR count). The molecule has 0 spiro atoms. The Kier molecular flexibility index (Phi) is 6.34. The van der Waals surface area contributed by atoms with Crippen molar-refractivity contribution in [1.82, 2.24) is 0 Å². The van der Waals surface area contributed by atoms with E-state index in [1.165, 1.54) is 19.2 Å². The lowest BCUT2D eigenvalue weighted by atomic mass is 9.95. The number of primary amides is 1. The fourth-order valence-electron chi connectivity index (χ4n) is 3.07. The number of sulfonamides is 1. The molecule has 0 atom stereocenters. The van der Waals surface area contributed by atoms with Crippen LogP contribution in [0, 0.1) is 5.82 Å². The van der Waals surface area contributed by atoms with Gasteiger partial charge in [0.15, 0.2) is 11.5 Å². The lowest BCUT2D eigenvalue weighted by Gasteiger charge is -2.21. The highest BCUT2D eigenvalue weighted by Crippen LogP contribution is 2.46. The van der Waals surface area contributed by atoms with Gasteiger partial charge in [0.05, 0.1) is 23.1 Å². The van der Waals surface area contributed by atoms with Gasteiger partial charge in [0.2, 0.25) is 10.0 Å². The number of hydrogen-bond donors (Lipinski definition) is 2. The van der Waals surface area contributed by atoms with E-state index < -0.39 is 55.3 Å². The van der Waals surface area contributed by atoms with Crippen LogP contribution in [-0.2, 0) is 16.2 Å². The minimum Gasteiger partial charge on any atom is -0.493 e. The van der Waals surface area contributed by atoms with Crippen LogP contribution in [0.4, 0.5) is 17.6 Å². The fraction of sp³-hybridized carbons (Fsp3) is 0.0952. The summed E-state index contributed by atoms with van der Waals surface area (Å²) in [5.74, 6) is -2.85. The SMILES string of the molecule is COc1cc(F)ccc1Oc1c(C(N)=O)ccc(C(F)(F)F)c1-c1cccc(S(N)(=O)=O)c1. The molecule has 3 aromatic carbocycles. The Bertz CT molecular complexity index is 1340. The standard InChI is InChI=1S/C21H16F4N2O5S/c1-31-17-10-12(22)5-8-16(17)32-19-14(20(26)28)6-7-15(21(23,24)25)18(19)11-3-2-4-13(9-11)33(27,29)30/h2-10H,1H3,(H2,26,28)(H2,27,29,30). The van der Waals surface area contributed by atoms with Crippen molar-refractivity contribution in [1.29, 1.82) is 0 Å². The van der Waals surface area contributed by atoms with Gasteiger partial charge in [-0.25, -0.2) is 17.9 Å². The van der Waals surface area contributed by atoms with E-state index in [-0.39, 0.29) is 17.1 Å². The van der Waals surface area contributed by atoms with Crippen LogP contribution in [0.25, 0.3) is 11.1 Å². The van der Waals surface area contributed by atoms with Gasteiger partial charge in [0.25, 0.3) is 5.91 Å². The molecule has 0 bridgehead atoms. The number of alkyl halides is 3. The Labute approximate surface area is 185 Å². The van der Waals surface area contributed by atoms with Gasteiger partial charge in [0, 0.05) is 11.6 Å². The number of hydrogen-bond acceptors (Lipinski definition) is 5. The number of halogens is 4. The molecular formula is C21H16F4N2O5S. The van der Waals surface area contributed by atoms with Crippen molar-refractivity contribution >= 4 is 15.9 Å². The van der Waals surface area contributed by atoms with Gasteiger partial charge in [-0.1, -0.05) is 12.1 Å². The summed E-state index contributed by atoms with van der Waals surface area (Å²) in [5.41, 5.74) is 2.74. The molecule has 12 heteroatoms. The first-order valence-corrected chi connectivity index (χ1v) is 10.6. The molecule has 0 aliphatic heterocycles. The molecule has 3 aromatic rings. The summed E-state index contributed by atoms with van der Waals surface area (Å²) in [5, 5.41) is 5.11. The Hall–Kier alpha value is -3.64. The highest BCUT2D eigenvalue weighted by Gasteiger charge is 2.37. The van der Waals surface area contributed by atoms with Crippen LogP contribution in [0.5, 0.6) is 17.2 Å². The van der Waals surface area contributed by atoms with Crippen LogP contribution in [-0.4, -0.2) is 21.4 Å². The summed E-state index contributed by atoms with van der Waals surface area (Å²) in [6.45, 7) is 0. The smallest absolute Gasteiger partial charge is 0.417 e. The normalized spacial score (nSPS) is 11.8. The molecule has 0 heterocycles. The fourth-order valence-corrected chi connectivity index (χ4v) is 3.63. The second kappa shape index (κ2) is 8.71. The van der Waals surface area contributed by atoms with Crippen LogP contribution in [0.3, 0.4) is 0 Å². The molecule has 7 nitrogen and oxygen atoms in total. The number of rotatable bonds is 6. The predicted octanol–water partition coefficient (Wildman–Crippen LogP) is 4.06. The van der Waals surface area contributed by atoms with E-state index in [2.05, 4.69) is 0 Å². The van der Waals surface area contributed by atoms with Gasteiger partial charge < -0.3 is 15.2 Å². The molecule has 0 unspecified atom stereocenters. The molecule has 1 amide bonds. The van der Waals surface area contributed by atoms with Crippen molar-refractivity contribution in [3.63, 3.8) is 0 Å². The minimum absolute atomic E-state index is 0.174. The van der Waals surface area contributed by atoms with E-state index in [1.807, 2.05) is 0 Å². The number of ether oxygens (including phenoxy) is 2. The summed E-state index contributed by atoms with van der Waals surface area (Å²) in [7, 11) is -3.09. The molecule has 174 valence electrons. The number of carbonyl (C=O) groups excluding carboxylic acids is 1. The van der Waals surface area contributed by atoms with Crippen LogP contribution >= 0.6 is 0 Å². The molecular weight excluding hydrogens is 468 g/mol. The van der Waals surface area contributed by atoms with Crippen LogP contribution in [0.2, 0.25) is 0 Å². The zero-order valence-corrected chi connectivity index (χ0v) is 17.6. The largest absolute Gasteiger partial charge is 0.493 e. The van der Waals surface area contributed by atoms with Crippen molar-refractivity contribution in [2.45, 2.75) is 11.1 Å². The van der Waals surface area contributed by atoms with Crippen LogP contribution < -0.4 is 20.3 Å². The van der Waals surface area contributed by atoms with Crippen molar-refractivity contribution < 1.29 is 40.2 Å². The van der Waals surface area contributed by atoms with Gasteiger partial charge in [0.1, 0.15) is 11.6 Å². The van der Waals surface area contributed by atoms with E-state index in [0.717, 1.165) is 36.4 Å². The highest BCUT2D eigenvalue weighted by molar-refractivity contribution is 7.89. The number of amides is 1. The molecule has 0 fully saturated rings. The van der Waals surface area contributed by atoms with Gasteiger partial charge >= 0.3 is 6.18 Å². The van der Waals surface area contributed by atoms with E-state index >= 15 is 0 Å². The lowest BCUT2D eigenvalue weighted by Crippen LogP contribution is -2.16. The van der Waals surface area contributed by atoms with E-state index in [4.69, 9.17) is 20.3 Å². The minimum atomic E-state index is -4.94. The third-order valence-corrected chi connectivity index (χ3v) is 5.43. The predicted molar refractivity (Wildman–Crippen MR) is 110 cm³/mol. The topological polar surface area (TPSA) is 122 Å². The maximum absolute atomic E-state index is 13.9. The third-order valence-electron chi connectivity index (χ3n) is 4.52. The molecule has 0 saturated heterocycles. The molecule has 0 saturated carbocycles. The Morgan fingerprint density at radius 1 is 1.00 bits per heavy atom. The van der Waals surface area contributed by atoms with Crippen LogP contribution in [0.1, 0.15) is 15.9 Å². The maximum atomic E-state index is 13.9. The highest BCUT2D eigenvalue weighted by atomic mass is 32.2. The summed E-state index contributed by atoms with van der Waals surface area (Å²) in [4.78, 5) is 11.6. The number of primary sulfonamides is 1. The van der Waals surface area contributed by atoms with Crippen molar-refractivity contribution in [3.8, 4) is 28.4 Å². The average molecular weight is 484 g/mol.